The van der Waals surface area contributed by atoms with Gasteiger partial charge in [-0.15, -0.1) is 0 Å². The number of hydrogen-bond acceptors (Lipinski definition) is 4. The average molecular weight is 293 g/mol. The van der Waals surface area contributed by atoms with Crippen molar-refractivity contribution in [3.8, 4) is 5.75 Å². The van der Waals surface area contributed by atoms with Crippen LogP contribution in [0.15, 0.2) is 17.1 Å². The highest BCUT2D eigenvalue weighted by atomic mass is 16.5. The minimum absolute atomic E-state index is 0.189. The van der Waals surface area contributed by atoms with Gasteiger partial charge in [0, 0.05) is 12.3 Å². The van der Waals surface area contributed by atoms with Gasteiger partial charge < -0.3 is 14.8 Å². The molecule has 1 aliphatic carbocycles. The summed E-state index contributed by atoms with van der Waals surface area (Å²) in [6, 6.07) is 1.23. The van der Waals surface area contributed by atoms with Crippen molar-refractivity contribution >= 4 is 6.29 Å². The Morgan fingerprint density at radius 3 is 2.81 bits per heavy atom. The maximum absolute atomic E-state index is 11.2. The Morgan fingerprint density at radius 1 is 1.43 bits per heavy atom. The standard InChI is InChI=1S/C16H23NO4/c1-16(2,20)13-6-4-3-5-11(13)10-21-14-8-17-15(19)7-12(14)9-18/h7-9,11,13,20H,3-6,10H2,1-2H3,(H,17,19). The first-order valence-electron chi connectivity index (χ1n) is 7.45. The van der Waals surface area contributed by atoms with Gasteiger partial charge in [-0.2, -0.15) is 0 Å². The number of carbonyl (C=O) groups is 1. The highest BCUT2D eigenvalue weighted by molar-refractivity contribution is 5.78. The van der Waals surface area contributed by atoms with E-state index in [2.05, 4.69) is 4.98 Å². The molecular formula is C16H23NO4. The van der Waals surface area contributed by atoms with Crippen LogP contribution in [0.4, 0.5) is 0 Å². The number of nitrogens with one attached hydrogen (secondary N) is 1. The lowest BCUT2D eigenvalue weighted by Crippen LogP contribution is -2.40. The Hall–Kier alpha value is -1.62. The molecule has 2 rings (SSSR count). The van der Waals surface area contributed by atoms with E-state index in [0.29, 0.717) is 18.6 Å². The fourth-order valence-corrected chi connectivity index (χ4v) is 3.23. The Balaban J connectivity index is 2.07. The van der Waals surface area contributed by atoms with Gasteiger partial charge >= 0.3 is 0 Å². The van der Waals surface area contributed by atoms with Crippen LogP contribution in [-0.4, -0.2) is 28.6 Å². The SMILES string of the molecule is CC(C)(O)C1CCCCC1COc1c[nH]c(=O)cc1C=O. The van der Waals surface area contributed by atoms with Crippen molar-refractivity contribution in [1.82, 2.24) is 4.98 Å². The average Bonchev–Trinajstić information content (AvgIpc) is 2.45. The Morgan fingerprint density at radius 2 is 2.14 bits per heavy atom. The number of pyridine rings is 1. The number of aromatic nitrogens is 1. The number of aldehydes is 1. The quantitative estimate of drug-likeness (QED) is 0.815. The van der Waals surface area contributed by atoms with E-state index in [0.717, 1.165) is 25.7 Å². The van der Waals surface area contributed by atoms with Gasteiger partial charge in [-0.1, -0.05) is 12.8 Å². The zero-order valence-corrected chi connectivity index (χ0v) is 12.6. The molecule has 0 bridgehead atoms. The van der Waals surface area contributed by atoms with E-state index in [1.54, 1.807) is 0 Å². The molecular weight excluding hydrogens is 270 g/mol. The fraction of sp³-hybridized carbons (Fsp3) is 0.625. The molecule has 2 unspecified atom stereocenters. The van der Waals surface area contributed by atoms with Crippen molar-refractivity contribution in [1.29, 1.82) is 0 Å². The molecule has 0 aromatic carbocycles. The number of aliphatic hydroxyl groups is 1. The van der Waals surface area contributed by atoms with Crippen LogP contribution >= 0.6 is 0 Å². The second-order valence-electron chi connectivity index (χ2n) is 6.35. The predicted octanol–water partition coefficient (Wildman–Crippen LogP) is 2.14. The van der Waals surface area contributed by atoms with E-state index < -0.39 is 5.60 Å². The lowest BCUT2D eigenvalue weighted by Gasteiger charge is -2.39. The van der Waals surface area contributed by atoms with E-state index in [1.165, 1.54) is 12.3 Å². The van der Waals surface area contributed by atoms with Gasteiger partial charge in [0.1, 0.15) is 5.75 Å². The minimum atomic E-state index is -0.729. The monoisotopic (exact) mass is 293 g/mol. The van der Waals surface area contributed by atoms with E-state index in [-0.39, 0.29) is 23.0 Å². The van der Waals surface area contributed by atoms with Gasteiger partial charge in [-0.05, 0) is 38.5 Å². The molecule has 0 spiro atoms. The van der Waals surface area contributed by atoms with Crippen molar-refractivity contribution in [2.45, 2.75) is 45.1 Å². The molecule has 116 valence electrons. The number of rotatable bonds is 5. The van der Waals surface area contributed by atoms with Crippen molar-refractivity contribution in [2.75, 3.05) is 6.61 Å². The first-order valence-corrected chi connectivity index (χ1v) is 7.45. The molecule has 5 heteroatoms. The smallest absolute Gasteiger partial charge is 0.248 e. The summed E-state index contributed by atoms with van der Waals surface area (Å²) in [5, 5.41) is 10.3. The summed E-state index contributed by atoms with van der Waals surface area (Å²) in [5.74, 6) is 0.837. The number of hydrogen-bond donors (Lipinski definition) is 2. The zero-order valence-electron chi connectivity index (χ0n) is 12.6. The van der Waals surface area contributed by atoms with Crippen LogP contribution in [0, 0.1) is 11.8 Å². The Bertz CT molecular complexity index is 544. The van der Waals surface area contributed by atoms with Crippen molar-refractivity contribution in [2.24, 2.45) is 11.8 Å². The maximum Gasteiger partial charge on any atom is 0.248 e. The normalized spacial score (nSPS) is 22.8. The van der Waals surface area contributed by atoms with Crippen LogP contribution in [0.25, 0.3) is 0 Å². The lowest BCUT2D eigenvalue weighted by atomic mass is 9.72. The highest BCUT2D eigenvalue weighted by Gasteiger charge is 2.36. The topological polar surface area (TPSA) is 79.4 Å². The lowest BCUT2D eigenvalue weighted by molar-refractivity contribution is -0.0378. The molecule has 2 atom stereocenters. The maximum atomic E-state index is 11.2. The molecule has 21 heavy (non-hydrogen) atoms. The fourth-order valence-electron chi connectivity index (χ4n) is 3.23. The second-order valence-corrected chi connectivity index (χ2v) is 6.35. The number of carbonyl (C=O) groups excluding carboxylic acids is 1. The molecule has 1 aromatic heterocycles. The summed E-state index contributed by atoms with van der Waals surface area (Å²) in [7, 11) is 0. The number of aromatic amines is 1. The molecule has 0 aliphatic heterocycles. The van der Waals surface area contributed by atoms with E-state index in [4.69, 9.17) is 4.74 Å². The largest absolute Gasteiger partial charge is 0.491 e. The van der Waals surface area contributed by atoms with Crippen LogP contribution in [0.3, 0.4) is 0 Å². The molecule has 0 radical (unpaired) electrons. The van der Waals surface area contributed by atoms with Gasteiger partial charge in [0.15, 0.2) is 6.29 Å². The van der Waals surface area contributed by atoms with E-state index in [9.17, 15) is 14.7 Å². The molecule has 5 nitrogen and oxygen atoms in total. The third kappa shape index (κ3) is 3.94. The third-order valence-electron chi connectivity index (χ3n) is 4.31. The summed E-state index contributed by atoms with van der Waals surface area (Å²) in [4.78, 5) is 24.7. The van der Waals surface area contributed by atoms with Gasteiger partial charge in [0.2, 0.25) is 5.56 Å². The molecule has 1 fully saturated rings. The van der Waals surface area contributed by atoms with E-state index >= 15 is 0 Å². The number of H-pyrrole nitrogens is 1. The summed E-state index contributed by atoms with van der Waals surface area (Å²) >= 11 is 0. The Labute approximate surface area is 124 Å². The molecule has 1 aromatic rings. The van der Waals surface area contributed by atoms with Gasteiger partial charge in [0.25, 0.3) is 0 Å². The van der Waals surface area contributed by atoms with Crippen molar-refractivity contribution in [3.05, 3.63) is 28.2 Å². The van der Waals surface area contributed by atoms with Crippen LogP contribution in [-0.2, 0) is 0 Å². The molecule has 0 amide bonds. The van der Waals surface area contributed by atoms with Gasteiger partial charge in [-0.25, -0.2) is 0 Å². The highest BCUT2D eigenvalue weighted by Crippen LogP contribution is 2.37. The summed E-state index contributed by atoms with van der Waals surface area (Å²) in [6.45, 7) is 4.13. The van der Waals surface area contributed by atoms with Gasteiger partial charge in [0.05, 0.1) is 17.8 Å². The first kappa shape index (κ1) is 15.8. The molecule has 1 saturated carbocycles. The molecule has 2 N–H and O–H groups in total. The zero-order chi connectivity index (χ0) is 15.5. The molecule has 1 heterocycles. The Kier molecular flexibility index (Phi) is 4.83. The van der Waals surface area contributed by atoms with Crippen molar-refractivity contribution in [3.63, 3.8) is 0 Å². The van der Waals surface area contributed by atoms with Crippen LogP contribution in [0.5, 0.6) is 5.75 Å². The molecule has 0 saturated heterocycles. The predicted molar refractivity (Wildman–Crippen MR) is 79.7 cm³/mol. The first-order chi connectivity index (χ1) is 9.91. The van der Waals surface area contributed by atoms with Crippen LogP contribution in [0.2, 0.25) is 0 Å². The van der Waals surface area contributed by atoms with Gasteiger partial charge in [-0.3, -0.25) is 9.59 Å². The summed E-state index contributed by atoms with van der Waals surface area (Å²) in [5.41, 5.74) is -0.793. The third-order valence-corrected chi connectivity index (χ3v) is 4.31. The van der Waals surface area contributed by atoms with E-state index in [1.807, 2.05) is 13.8 Å². The summed E-state index contributed by atoms with van der Waals surface area (Å²) < 4.78 is 5.74. The second kappa shape index (κ2) is 6.43. The van der Waals surface area contributed by atoms with Crippen LogP contribution < -0.4 is 10.3 Å². The molecule has 1 aliphatic rings. The summed E-state index contributed by atoms with van der Waals surface area (Å²) in [6.07, 6.45) is 6.31. The number of ether oxygens (including phenoxy) is 1. The van der Waals surface area contributed by atoms with Crippen LogP contribution in [0.1, 0.15) is 49.9 Å². The van der Waals surface area contributed by atoms with Crippen molar-refractivity contribution < 1.29 is 14.6 Å². The minimum Gasteiger partial charge on any atom is -0.491 e.